The third-order valence-electron chi connectivity index (χ3n) is 2.53. The molecule has 7 heteroatoms. The van der Waals surface area contributed by atoms with E-state index >= 15 is 0 Å². The van der Waals surface area contributed by atoms with E-state index in [1.165, 1.54) is 17.3 Å². The van der Waals surface area contributed by atoms with E-state index in [0.29, 0.717) is 11.0 Å². The van der Waals surface area contributed by atoms with E-state index < -0.39 is 0 Å². The predicted octanol–water partition coefficient (Wildman–Crippen LogP) is 2.37. The lowest BCUT2D eigenvalue weighted by Crippen LogP contribution is -1.95. The minimum atomic E-state index is 0. The highest BCUT2D eigenvalue weighted by atomic mass is 32.2. The molecule has 6 nitrogen and oxygen atoms in total. The minimum Gasteiger partial charge on any atom is -0.265 e. The molecule has 0 aliphatic heterocycles. The van der Waals surface area contributed by atoms with E-state index in [9.17, 15) is 0 Å². The molecule has 1 aromatic carbocycles. The highest BCUT2D eigenvalue weighted by Gasteiger charge is 2.03. The third-order valence-corrected chi connectivity index (χ3v) is 3.38. The maximum absolute atomic E-state index is 4.16. The number of benzene rings is 1. The SMILES string of the molecule is C.c1ccc(Cc2cn(CSc3nc[nH]n3)nn2)cc1. The Balaban J connectivity index is 0.00000147. The highest BCUT2D eigenvalue weighted by molar-refractivity contribution is 7.98. The summed E-state index contributed by atoms with van der Waals surface area (Å²) in [6.07, 6.45) is 4.31. The van der Waals surface area contributed by atoms with E-state index in [2.05, 4.69) is 37.6 Å². The van der Waals surface area contributed by atoms with Crippen molar-refractivity contribution in [2.24, 2.45) is 0 Å². The molecule has 3 rings (SSSR count). The van der Waals surface area contributed by atoms with Crippen LogP contribution in [0.2, 0.25) is 0 Å². The topological polar surface area (TPSA) is 72.3 Å². The van der Waals surface area contributed by atoms with Crippen molar-refractivity contribution in [1.82, 2.24) is 30.2 Å². The summed E-state index contributed by atoms with van der Waals surface area (Å²) in [5.41, 5.74) is 2.19. The standard InChI is InChI=1S/C12H12N6S.CH4/c1-2-4-10(5-3-1)6-11-7-18(17-15-11)9-19-12-13-8-14-16-12;/h1-5,7-8H,6,9H2,(H,13,14,16);1H4. The first-order valence-electron chi connectivity index (χ1n) is 5.81. The zero-order chi connectivity index (χ0) is 12.9. The normalized spacial score (nSPS) is 10.2. The number of aromatic amines is 1. The van der Waals surface area contributed by atoms with E-state index in [-0.39, 0.29) is 7.43 Å². The average molecular weight is 288 g/mol. The van der Waals surface area contributed by atoms with Crippen LogP contribution in [0.1, 0.15) is 18.7 Å². The van der Waals surface area contributed by atoms with Crippen LogP contribution in [0.25, 0.3) is 0 Å². The lowest BCUT2D eigenvalue weighted by molar-refractivity contribution is 0.698. The Kier molecular flexibility index (Phi) is 4.89. The van der Waals surface area contributed by atoms with Crippen molar-refractivity contribution >= 4 is 11.8 Å². The van der Waals surface area contributed by atoms with Gasteiger partial charge in [-0.3, -0.25) is 5.10 Å². The summed E-state index contributed by atoms with van der Waals surface area (Å²) in [7, 11) is 0. The number of nitrogens with one attached hydrogen (secondary N) is 1. The highest BCUT2D eigenvalue weighted by Crippen LogP contribution is 2.13. The Labute approximate surface area is 121 Å². The smallest absolute Gasteiger partial charge is 0.209 e. The molecule has 0 radical (unpaired) electrons. The summed E-state index contributed by atoms with van der Waals surface area (Å²) < 4.78 is 1.79. The number of H-pyrrole nitrogens is 1. The fourth-order valence-electron chi connectivity index (χ4n) is 1.68. The van der Waals surface area contributed by atoms with Crippen molar-refractivity contribution in [1.29, 1.82) is 0 Å². The Hall–Kier alpha value is -2.15. The van der Waals surface area contributed by atoms with Gasteiger partial charge in [-0.1, -0.05) is 54.7 Å². The lowest BCUT2D eigenvalue weighted by atomic mass is 10.1. The van der Waals surface area contributed by atoms with Crippen molar-refractivity contribution in [3.8, 4) is 0 Å². The Morgan fingerprint density at radius 1 is 1.20 bits per heavy atom. The monoisotopic (exact) mass is 288 g/mol. The molecule has 1 N–H and O–H groups in total. The van der Waals surface area contributed by atoms with Gasteiger partial charge in [0.15, 0.2) is 0 Å². The zero-order valence-corrected chi connectivity index (χ0v) is 10.9. The summed E-state index contributed by atoms with van der Waals surface area (Å²) in [4.78, 5) is 4.04. The first kappa shape index (κ1) is 14.3. The average Bonchev–Trinajstić information content (AvgIpc) is 3.09. The van der Waals surface area contributed by atoms with Crippen LogP contribution < -0.4 is 0 Å². The quantitative estimate of drug-likeness (QED) is 0.730. The van der Waals surface area contributed by atoms with Crippen LogP contribution in [0, 0.1) is 0 Å². The van der Waals surface area contributed by atoms with E-state index in [1.807, 2.05) is 24.4 Å². The van der Waals surface area contributed by atoms with Gasteiger partial charge >= 0.3 is 0 Å². The second-order valence-corrected chi connectivity index (χ2v) is 4.88. The molecule has 0 saturated heterocycles. The van der Waals surface area contributed by atoms with Gasteiger partial charge in [-0.05, 0) is 5.56 Å². The van der Waals surface area contributed by atoms with Gasteiger partial charge in [0, 0.05) is 12.6 Å². The molecule has 0 spiro atoms. The van der Waals surface area contributed by atoms with E-state index in [0.717, 1.165) is 12.1 Å². The molecule has 0 amide bonds. The third kappa shape index (κ3) is 3.67. The van der Waals surface area contributed by atoms with Crippen molar-refractivity contribution < 1.29 is 0 Å². The summed E-state index contributed by atoms with van der Waals surface area (Å²) in [6, 6.07) is 10.2. The van der Waals surface area contributed by atoms with Gasteiger partial charge in [-0.15, -0.1) is 10.2 Å². The largest absolute Gasteiger partial charge is 0.265 e. The van der Waals surface area contributed by atoms with E-state index in [1.54, 1.807) is 11.0 Å². The van der Waals surface area contributed by atoms with Gasteiger partial charge in [-0.25, -0.2) is 9.67 Å². The molecule has 0 atom stereocenters. The van der Waals surface area contributed by atoms with Gasteiger partial charge in [0.25, 0.3) is 0 Å². The van der Waals surface area contributed by atoms with Crippen LogP contribution in [0.3, 0.4) is 0 Å². The first-order chi connectivity index (χ1) is 9.40. The van der Waals surface area contributed by atoms with Crippen molar-refractivity contribution in [2.45, 2.75) is 24.9 Å². The Morgan fingerprint density at radius 3 is 2.80 bits per heavy atom. The zero-order valence-electron chi connectivity index (χ0n) is 10.1. The number of aromatic nitrogens is 6. The molecule has 2 heterocycles. The number of hydrogen-bond donors (Lipinski definition) is 1. The second-order valence-electron chi connectivity index (χ2n) is 3.97. The summed E-state index contributed by atoms with van der Waals surface area (Å²) in [6.45, 7) is 0. The van der Waals surface area contributed by atoms with Gasteiger partial charge in [-0.2, -0.15) is 0 Å². The van der Waals surface area contributed by atoms with Crippen LogP contribution in [0.5, 0.6) is 0 Å². The van der Waals surface area contributed by atoms with Gasteiger partial charge in [0.2, 0.25) is 5.16 Å². The molecule has 104 valence electrons. The molecule has 0 fully saturated rings. The van der Waals surface area contributed by atoms with E-state index in [4.69, 9.17) is 0 Å². The van der Waals surface area contributed by atoms with Crippen molar-refractivity contribution in [2.75, 3.05) is 0 Å². The molecule has 0 aliphatic carbocycles. The number of thioether (sulfide) groups is 1. The number of hydrogen-bond acceptors (Lipinski definition) is 5. The molecule has 0 unspecified atom stereocenters. The summed E-state index contributed by atoms with van der Waals surface area (Å²) >= 11 is 1.51. The molecular weight excluding hydrogens is 272 g/mol. The van der Waals surface area contributed by atoms with Gasteiger partial charge in [0.1, 0.15) is 6.33 Å². The number of rotatable bonds is 5. The Bertz CT molecular complexity index is 619. The molecule has 3 aromatic rings. The van der Waals surface area contributed by atoms with Crippen LogP contribution >= 0.6 is 11.8 Å². The maximum atomic E-state index is 4.16. The second kappa shape index (κ2) is 6.85. The molecule has 0 saturated carbocycles. The fourth-order valence-corrected chi connectivity index (χ4v) is 2.30. The summed E-state index contributed by atoms with van der Waals surface area (Å²) in [5.74, 6) is 0.652. The van der Waals surface area contributed by atoms with Crippen molar-refractivity contribution in [3.05, 3.63) is 54.1 Å². The maximum Gasteiger partial charge on any atom is 0.209 e. The Morgan fingerprint density at radius 2 is 2.05 bits per heavy atom. The molecule has 0 bridgehead atoms. The molecule has 2 aromatic heterocycles. The molecular formula is C13H16N6S. The lowest BCUT2D eigenvalue weighted by Gasteiger charge is -1.96. The van der Waals surface area contributed by atoms with Crippen LogP contribution in [-0.4, -0.2) is 30.2 Å². The van der Waals surface area contributed by atoms with Crippen molar-refractivity contribution in [3.63, 3.8) is 0 Å². The molecule has 20 heavy (non-hydrogen) atoms. The van der Waals surface area contributed by atoms with Crippen LogP contribution in [0.4, 0.5) is 0 Å². The van der Waals surface area contributed by atoms with Gasteiger partial charge in [0.05, 0.1) is 11.6 Å². The number of nitrogens with zero attached hydrogens (tertiary/aromatic N) is 5. The predicted molar refractivity (Wildman–Crippen MR) is 78.2 cm³/mol. The van der Waals surface area contributed by atoms with Crippen LogP contribution in [-0.2, 0) is 12.3 Å². The van der Waals surface area contributed by atoms with Crippen LogP contribution in [0.15, 0.2) is 48.0 Å². The van der Waals surface area contributed by atoms with Gasteiger partial charge < -0.3 is 0 Å². The summed E-state index contributed by atoms with van der Waals surface area (Å²) in [5, 5.41) is 15.6. The fraction of sp³-hybridized carbons (Fsp3) is 0.231. The first-order valence-corrected chi connectivity index (χ1v) is 6.80. The molecule has 0 aliphatic rings. The minimum absolute atomic E-state index is 0.